The molecule has 1 rings (SSSR count). The summed E-state index contributed by atoms with van der Waals surface area (Å²) in [5.41, 5.74) is -0.438. The van der Waals surface area contributed by atoms with Crippen molar-refractivity contribution in [2.24, 2.45) is 0 Å². The van der Waals surface area contributed by atoms with E-state index in [2.05, 4.69) is 17.2 Å². The third-order valence-corrected chi connectivity index (χ3v) is 3.90. The summed E-state index contributed by atoms with van der Waals surface area (Å²) in [6.07, 6.45) is 3.56. The Morgan fingerprint density at radius 3 is 2.76 bits per heavy atom. The molecule has 0 aromatic carbocycles. The first kappa shape index (κ1) is 17.9. The van der Waals surface area contributed by atoms with Gasteiger partial charge in [0.25, 0.3) is 0 Å². The van der Waals surface area contributed by atoms with Crippen LogP contribution in [0.1, 0.15) is 44.0 Å². The Balaban J connectivity index is 2.14. The van der Waals surface area contributed by atoms with Crippen LogP contribution < -0.4 is 5.32 Å². The summed E-state index contributed by atoms with van der Waals surface area (Å²) in [5.74, 6) is 0. The molecule has 6 heteroatoms. The van der Waals surface area contributed by atoms with Crippen molar-refractivity contribution >= 4 is 17.4 Å². The molecule has 120 valence electrons. The van der Waals surface area contributed by atoms with Crippen molar-refractivity contribution < 1.29 is 9.53 Å². The zero-order chi connectivity index (χ0) is 15.9. The summed E-state index contributed by atoms with van der Waals surface area (Å²) in [6, 6.07) is 0. The van der Waals surface area contributed by atoms with Crippen LogP contribution >= 0.6 is 11.3 Å². The van der Waals surface area contributed by atoms with Crippen molar-refractivity contribution in [3.63, 3.8) is 0 Å². The summed E-state index contributed by atoms with van der Waals surface area (Å²) in [5, 5.41) is 4.55. The first-order valence-electron chi connectivity index (χ1n) is 7.40. The molecule has 0 saturated heterocycles. The number of aryl methyl sites for hydroxylation is 1. The summed E-state index contributed by atoms with van der Waals surface area (Å²) < 4.78 is 5.30. The van der Waals surface area contributed by atoms with Gasteiger partial charge in [0.15, 0.2) is 0 Å². The molecule has 1 amide bonds. The lowest BCUT2D eigenvalue weighted by atomic mass is 10.2. The van der Waals surface area contributed by atoms with Crippen LogP contribution in [-0.4, -0.2) is 41.7 Å². The van der Waals surface area contributed by atoms with Crippen molar-refractivity contribution in [3.05, 3.63) is 16.1 Å². The number of rotatable bonds is 7. The van der Waals surface area contributed by atoms with Crippen LogP contribution in [0, 0.1) is 0 Å². The Labute approximate surface area is 131 Å². The van der Waals surface area contributed by atoms with Crippen LogP contribution in [0.5, 0.6) is 0 Å². The van der Waals surface area contributed by atoms with E-state index in [9.17, 15) is 4.79 Å². The van der Waals surface area contributed by atoms with Crippen LogP contribution in [0.15, 0.2) is 6.20 Å². The number of amides is 1. The second-order valence-corrected chi connectivity index (χ2v) is 7.21. The van der Waals surface area contributed by atoms with E-state index in [-0.39, 0.29) is 6.09 Å². The number of aromatic nitrogens is 1. The van der Waals surface area contributed by atoms with Crippen molar-refractivity contribution in [2.75, 3.05) is 20.1 Å². The highest BCUT2D eigenvalue weighted by Gasteiger charge is 2.18. The Kier molecular flexibility index (Phi) is 7.11. The van der Waals surface area contributed by atoms with Gasteiger partial charge in [-0.3, -0.25) is 0 Å². The molecule has 0 saturated carbocycles. The fraction of sp³-hybridized carbons (Fsp3) is 0.733. The maximum Gasteiger partial charge on any atom is 0.410 e. The summed E-state index contributed by atoms with van der Waals surface area (Å²) in [7, 11) is 1.77. The second-order valence-electron chi connectivity index (χ2n) is 6.01. The molecule has 1 N–H and O–H groups in total. The predicted octanol–water partition coefficient (Wildman–Crippen LogP) is 3.05. The van der Waals surface area contributed by atoms with E-state index in [1.165, 1.54) is 9.88 Å². The number of nitrogens with zero attached hydrogens (tertiary/aromatic N) is 2. The van der Waals surface area contributed by atoms with Gasteiger partial charge >= 0.3 is 6.09 Å². The third-order valence-electron chi connectivity index (χ3n) is 2.76. The SMILES string of the molecule is CCc1ncc(CNCCCN(C)C(=O)OC(C)(C)C)s1. The number of ether oxygens (including phenoxy) is 1. The first-order valence-corrected chi connectivity index (χ1v) is 8.22. The lowest BCUT2D eigenvalue weighted by molar-refractivity contribution is 0.0297. The van der Waals surface area contributed by atoms with E-state index in [0.717, 1.165) is 25.9 Å². The maximum absolute atomic E-state index is 11.8. The van der Waals surface area contributed by atoms with Gasteiger partial charge in [0, 0.05) is 31.2 Å². The van der Waals surface area contributed by atoms with Crippen LogP contribution in [0.2, 0.25) is 0 Å². The van der Waals surface area contributed by atoms with Crippen molar-refractivity contribution in [1.82, 2.24) is 15.2 Å². The molecule has 21 heavy (non-hydrogen) atoms. The Morgan fingerprint density at radius 2 is 2.19 bits per heavy atom. The van der Waals surface area contributed by atoms with Gasteiger partial charge < -0.3 is 15.0 Å². The van der Waals surface area contributed by atoms with Gasteiger partial charge in [0.1, 0.15) is 5.60 Å². The standard InChI is InChI=1S/C15H27N3O2S/c1-6-13-17-11-12(21-13)10-16-8-7-9-18(5)14(19)20-15(2,3)4/h11,16H,6-10H2,1-5H3. The zero-order valence-corrected chi connectivity index (χ0v) is 14.5. The number of thiazole rings is 1. The van der Waals surface area contributed by atoms with Gasteiger partial charge in [-0.05, 0) is 40.2 Å². The molecule has 1 aromatic heterocycles. The highest BCUT2D eigenvalue weighted by atomic mass is 32.1. The molecule has 0 aliphatic rings. The minimum atomic E-state index is -0.438. The molecule has 0 aliphatic carbocycles. The summed E-state index contributed by atoms with van der Waals surface area (Å²) in [4.78, 5) is 19.0. The van der Waals surface area contributed by atoms with Crippen molar-refractivity contribution in [3.8, 4) is 0 Å². The molecule has 0 bridgehead atoms. The van der Waals surface area contributed by atoms with Crippen LogP contribution in [-0.2, 0) is 17.7 Å². The van der Waals surface area contributed by atoms with Gasteiger partial charge in [0.05, 0.1) is 5.01 Å². The number of carbonyl (C=O) groups is 1. The van der Waals surface area contributed by atoms with Gasteiger partial charge in [-0.2, -0.15) is 0 Å². The van der Waals surface area contributed by atoms with Gasteiger partial charge in [-0.15, -0.1) is 11.3 Å². The van der Waals surface area contributed by atoms with E-state index in [1.807, 2.05) is 27.0 Å². The van der Waals surface area contributed by atoms with Crippen molar-refractivity contribution in [2.45, 2.75) is 52.7 Å². The average molecular weight is 313 g/mol. The maximum atomic E-state index is 11.8. The van der Waals surface area contributed by atoms with E-state index >= 15 is 0 Å². The molecule has 0 fully saturated rings. The van der Waals surface area contributed by atoms with Gasteiger partial charge in [0.2, 0.25) is 0 Å². The molecule has 0 atom stereocenters. The molecular formula is C15H27N3O2S. The van der Waals surface area contributed by atoms with E-state index in [0.29, 0.717) is 6.54 Å². The molecule has 5 nitrogen and oxygen atoms in total. The topological polar surface area (TPSA) is 54.5 Å². The molecule has 1 heterocycles. The molecule has 1 aromatic rings. The fourth-order valence-corrected chi connectivity index (χ4v) is 2.51. The molecule has 0 spiro atoms. The largest absolute Gasteiger partial charge is 0.444 e. The lowest BCUT2D eigenvalue weighted by Gasteiger charge is -2.24. The third kappa shape index (κ3) is 7.43. The number of carbonyl (C=O) groups excluding carboxylic acids is 1. The second kappa shape index (κ2) is 8.34. The molecule has 0 unspecified atom stereocenters. The quantitative estimate of drug-likeness (QED) is 0.786. The molecule has 0 aliphatic heterocycles. The van der Waals surface area contributed by atoms with Gasteiger partial charge in [-0.1, -0.05) is 6.92 Å². The van der Waals surface area contributed by atoms with Gasteiger partial charge in [-0.25, -0.2) is 9.78 Å². The summed E-state index contributed by atoms with van der Waals surface area (Å²) in [6.45, 7) is 10.1. The summed E-state index contributed by atoms with van der Waals surface area (Å²) >= 11 is 1.75. The number of hydrogen-bond donors (Lipinski definition) is 1. The van der Waals surface area contributed by atoms with Crippen LogP contribution in [0.3, 0.4) is 0 Å². The molecular weight excluding hydrogens is 286 g/mol. The minimum Gasteiger partial charge on any atom is -0.444 e. The first-order chi connectivity index (χ1) is 9.81. The Bertz CT molecular complexity index is 440. The minimum absolute atomic E-state index is 0.266. The van der Waals surface area contributed by atoms with Crippen LogP contribution in [0.4, 0.5) is 4.79 Å². The monoisotopic (exact) mass is 313 g/mol. The molecule has 0 radical (unpaired) electrons. The van der Waals surface area contributed by atoms with Crippen molar-refractivity contribution in [1.29, 1.82) is 0 Å². The fourth-order valence-electron chi connectivity index (χ4n) is 1.68. The Hall–Kier alpha value is -1.14. The van der Waals surface area contributed by atoms with E-state index in [4.69, 9.17) is 4.74 Å². The Morgan fingerprint density at radius 1 is 1.48 bits per heavy atom. The number of nitrogens with one attached hydrogen (secondary N) is 1. The zero-order valence-electron chi connectivity index (χ0n) is 13.7. The van der Waals surface area contributed by atoms with E-state index < -0.39 is 5.60 Å². The normalized spacial score (nSPS) is 11.5. The predicted molar refractivity (Wildman–Crippen MR) is 86.7 cm³/mol. The highest BCUT2D eigenvalue weighted by Crippen LogP contribution is 2.12. The smallest absolute Gasteiger partial charge is 0.410 e. The highest BCUT2D eigenvalue weighted by molar-refractivity contribution is 7.11. The average Bonchev–Trinajstić information content (AvgIpc) is 2.84. The van der Waals surface area contributed by atoms with Crippen LogP contribution in [0.25, 0.3) is 0 Å². The lowest BCUT2D eigenvalue weighted by Crippen LogP contribution is -2.35. The van der Waals surface area contributed by atoms with E-state index in [1.54, 1.807) is 23.3 Å². The number of hydrogen-bond acceptors (Lipinski definition) is 5.